The lowest BCUT2D eigenvalue weighted by Crippen LogP contribution is -2.41. The van der Waals surface area contributed by atoms with Crippen LogP contribution < -0.4 is 4.72 Å². The van der Waals surface area contributed by atoms with Gasteiger partial charge in [0.25, 0.3) is 5.91 Å². The number of likely N-dealkylation sites (tertiary alicyclic amines) is 1. The second-order valence-corrected chi connectivity index (χ2v) is 9.28. The van der Waals surface area contributed by atoms with Crippen LogP contribution in [-0.4, -0.2) is 60.8 Å². The van der Waals surface area contributed by atoms with E-state index in [2.05, 4.69) is 14.9 Å². The van der Waals surface area contributed by atoms with Gasteiger partial charge in [-0.1, -0.05) is 0 Å². The molecular formula is C17H20N4O5S. The molecule has 1 spiro atoms. The zero-order valence-electron chi connectivity index (χ0n) is 14.5. The maximum atomic E-state index is 12.7. The number of hydrogen-bond donors (Lipinski definition) is 2. The Kier molecular flexibility index (Phi) is 3.72. The predicted molar refractivity (Wildman–Crippen MR) is 92.2 cm³/mol. The number of carbonyl (C=O) groups is 1. The van der Waals surface area contributed by atoms with Crippen LogP contribution in [0.2, 0.25) is 0 Å². The largest absolute Gasteiger partial charge is 0.472 e. The molecule has 5 rings (SSSR count). The van der Waals surface area contributed by atoms with Gasteiger partial charge in [-0.2, -0.15) is 5.10 Å². The molecule has 27 heavy (non-hydrogen) atoms. The van der Waals surface area contributed by atoms with E-state index in [-0.39, 0.29) is 34.3 Å². The van der Waals surface area contributed by atoms with E-state index in [1.807, 2.05) is 0 Å². The summed E-state index contributed by atoms with van der Waals surface area (Å²) < 4.78 is 38.8. The monoisotopic (exact) mass is 392 g/mol. The van der Waals surface area contributed by atoms with Crippen LogP contribution in [-0.2, 0) is 14.8 Å². The van der Waals surface area contributed by atoms with E-state index in [0.29, 0.717) is 25.2 Å². The molecule has 0 saturated carbocycles. The highest BCUT2D eigenvalue weighted by molar-refractivity contribution is 7.89. The lowest BCUT2D eigenvalue weighted by molar-refractivity contribution is 0.00324. The van der Waals surface area contributed by atoms with E-state index < -0.39 is 10.0 Å². The lowest BCUT2D eigenvalue weighted by atomic mass is 9.74. The van der Waals surface area contributed by atoms with E-state index in [0.717, 1.165) is 12.8 Å². The van der Waals surface area contributed by atoms with Crippen molar-refractivity contribution in [1.29, 1.82) is 0 Å². The second kappa shape index (κ2) is 5.91. The Hall–Kier alpha value is -2.17. The molecule has 3 saturated heterocycles. The minimum atomic E-state index is -3.61. The number of hydrogen-bond acceptors (Lipinski definition) is 6. The third-order valence-corrected chi connectivity index (χ3v) is 7.52. The van der Waals surface area contributed by atoms with Crippen LogP contribution in [0.3, 0.4) is 0 Å². The predicted octanol–water partition coefficient (Wildman–Crippen LogP) is 0.601. The van der Waals surface area contributed by atoms with E-state index in [1.54, 1.807) is 11.0 Å². The van der Waals surface area contributed by atoms with Gasteiger partial charge in [-0.3, -0.25) is 9.89 Å². The second-order valence-electron chi connectivity index (χ2n) is 7.51. The van der Waals surface area contributed by atoms with Crippen LogP contribution in [0.15, 0.2) is 40.3 Å². The van der Waals surface area contributed by atoms with E-state index in [4.69, 9.17) is 9.15 Å². The molecule has 2 bridgehead atoms. The topological polar surface area (TPSA) is 118 Å². The average molecular weight is 392 g/mol. The standard InChI is InChI=1S/C17H20N4O5S/c22-16(11-2-4-25-9-11)21-8-14-13(15-1-3-17(14,10-21)26-15)7-20-27(23,24)12-5-18-19-6-12/h2,4-6,9,13-15,20H,1,3,7-8,10H2,(H,18,19)/t13-,14+,15+,17+/m0/s1. The molecule has 0 aliphatic carbocycles. The highest BCUT2D eigenvalue weighted by Crippen LogP contribution is 2.54. The van der Waals surface area contributed by atoms with Gasteiger partial charge in [-0.05, 0) is 18.9 Å². The van der Waals surface area contributed by atoms with Gasteiger partial charge in [0.1, 0.15) is 11.2 Å². The minimum Gasteiger partial charge on any atom is -0.472 e. The number of furan rings is 1. The summed E-state index contributed by atoms with van der Waals surface area (Å²) in [5.41, 5.74) is 0.175. The first-order valence-electron chi connectivity index (χ1n) is 8.96. The molecule has 0 unspecified atom stereocenters. The first-order valence-corrected chi connectivity index (χ1v) is 10.4. The summed E-state index contributed by atoms with van der Waals surface area (Å²) in [5.74, 6) is 0.0963. The third kappa shape index (κ3) is 2.62. The molecule has 4 atom stereocenters. The van der Waals surface area contributed by atoms with Crippen molar-refractivity contribution in [2.24, 2.45) is 11.8 Å². The van der Waals surface area contributed by atoms with Crippen molar-refractivity contribution >= 4 is 15.9 Å². The maximum absolute atomic E-state index is 12.7. The van der Waals surface area contributed by atoms with Gasteiger partial charge in [0.05, 0.1) is 36.3 Å². The molecule has 2 aromatic heterocycles. The quantitative estimate of drug-likeness (QED) is 0.769. The molecule has 0 radical (unpaired) electrons. The van der Waals surface area contributed by atoms with Crippen molar-refractivity contribution in [2.45, 2.75) is 29.4 Å². The number of sulfonamides is 1. The van der Waals surface area contributed by atoms with Crippen molar-refractivity contribution in [2.75, 3.05) is 19.6 Å². The number of nitrogens with one attached hydrogen (secondary N) is 2. The summed E-state index contributed by atoms with van der Waals surface area (Å²) in [7, 11) is -3.61. The Morgan fingerprint density at radius 2 is 2.37 bits per heavy atom. The summed E-state index contributed by atoms with van der Waals surface area (Å²) in [6.45, 7) is 1.40. The molecule has 3 aliphatic rings. The molecule has 2 aromatic rings. The molecule has 9 nitrogen and oxygen atoms in total. The zero-order chi connectivity index (χ0) is 18.6. The van der Waals surface area contributed by atoms with Crippen LogP contribution in [0.1, 0.15) is 23.2 Å². The Morgan fingerprint density at radius 1 is 1.48 bits per heavy atom. The summed E-state index contributed by atoms with van der Waals surface area (Å²) in [6.07, 6.45) is 7.39. The highest BCUT2D eigenvalue weighted by Gasteiger charge is 2.63. The number of rotatable bonds is 5. The number of carbonyl (C=O) groups excluding carboxylic acids is 1. The molecular weight excluding hydrogens is 372 g/mol. The van der Waals surface area contributed by atoms with Crippen molar-refractivity contribution in [3.63, 3.8) is 0 Å². The summed E-state index contributed by atoms with van der Waals surface area (Å²) in [6, 6.07) is 1.66. The zero-order valence-corrected chi connectivity index (χ0v) is 15.3. The average Bonchev–Trinajstić information content (AvgIpc) is 3.46. The SMILES string of the molecule is O=C(c1ccoc1)N1C[C@@H]2[C@H](CNS(=O)(=O)c3cn[nH]c3)[C@H]3CC[C@]2(C1)O3. The Morgan fingerprint density at radius 3 is 3.11 bits per heavy atom. The van der Waals surface area contributed by atoms with Crippen molar-refractivity contribution in [1.82, 2.24) is 19.8 Å². The summed E-state index contributed by atoms with van der Waals surface area (Å²) in [4.78, 5) is 14.6. The van der Waals surface area contributed by atoms with Gasteiger partial charge in [0.15, 0.2) is 0 Å². The first-order chi connectivity index (χ1) is 13.0. The fourth-order valence-electron chi connectivity index (χ4n) is 4.86. The molecule has 3 fully saturated rings. The normalized spacial score (nSPS) is 32.1. The van der Waals surface area contributed by atoms with Crippen LogP contribution in [0.4, 0.5) is 0 Å². The van der Waals surface area contributed by atoms with Crippen molar-refractivity contribution in [3.05, 3.63) is 36.5 Å². The number of H-pyrrole nitrogens is 1. The molecule has 2 N–H and O–H groups in total. The third-order valence-electron chi connectivity index (χ3n) is 6.13. The van der Waals surface area contributed by atoms with E-state index in [1.165, 1.54) is 24.9 Å². The van der Waals surface area contributed by atoms with Crippen molar-refractivity contribution < 1.29 is 22.4 Å². The van der Waals surface area contributed by atoms with E-state index >= 15 is 0 Å². The van der Waals surface area contributed by atoms with Crippen LogP contribution in [0.5, 0.6) is 0 Å². The first kappa shape index (κ1) is 17.0. The number of nitrogens with zero attached hydrogens (tertiary/aromatic N) is 2. The van der Waals surface area contributed by atoms with Crippen molar-refractivity contribution in [3.8, 4) is 0 Å². The molecule has 10 heteroatoms. The summed E-state index contributed by atoms with van der Waals surface area (Å²) in [5, 5.41) is 6.20. The highest BCUT2D eigenvalue weighted by atomic mass is 32.2. The number of ether oxygens (including phenoxy) is 1. The van der Waals surface area contributed by atoms with Gasteiger partial charge in [-0.15, -0.1) is 0 Å². The van der Waals surface area contributed by atoms with Gasteiger partial charge >= 0.3 is 0 Å². The molecule has 144 valence electrons. The molecule has 0 aromatic carbocycles. The number of aromatic amines is 1. The Bertz CT molecular complexity index is 942. The van der Waals surface area contributed by atoms with Gasteiger partial charge in [0.2, 0.25) is 10.0 Å². The molecule has 3 aliphatic heterocycles. The van der Waals surface area contributed by atoms with Gasteiger partial charge < -0.3 is 14.1 Å². The number of fused-ring (bicyclic) bond motifs is 1. The smallest absolute Gasteiger partial charge is 0.257 e. The number of amides is 1. The fourth-order valence-corrected chi connectivity index (χ4v) is 5.84. The van der Waals surface area contributed by atoms with Crippen LogP contribution in [0.25, 0.3) is 0 Å². The van der Waals surface area contributed by atoms with Crippen LogP contribution in [0, 0.1) is 11.8 Å². The fraction of sp³-hybridized carbons (Fsp3) is 0.529. The van der Waals surface area contributed by atoms with E-state index in [9.17, 15) is 13.2 Å². The number of aromatic nitrogens is 2. The Balaban J connectivity index is 1.32. The molecule has 5 heterocycles. The Labute approximate surface area is 156 Å². The molecule has 1 amide bonds. The van der Waals surface area contributed by atoms with Gasteiger partial charge in [0, 0.05) is 31.1 Å². The lowest BCUT2D eigenvalue weighted by Gasteiger charge is -2.29. The van der Waals surface area contributed by atoms with Gasteiger partial charge in [-0.25, -0.2) is 13.1 Å². The minimum absolute atomic E-state index is 0.0354. The maximum Gasteiger partial charge on any atom is 0.257 e. The van der Waals surface area contributed by atoms with Crippen LogP contribution >= 0.6 is 0 Å². The summed E-state index contributed by atoms with van der Waals surface area (Å²) >= 11 is 0.